The molecule has 0 bridgehead atoms. The molecule has 0 spiro atoms. The number of nitrogens with zero attached hydrogens (tertiary/aromatic N) is 2. The molecular weight excluding hydrogens is 214 g/mol. The Morgan fingerprint density at radius 2 is 2.18 bits per heavy atom. The van der Waals surface area contributed by atoms with Crippen LogP contribution in [0.4, 0.5) is 0 Å². The molecule has 4 heteroatoms. The van der Waals surface area contributed by atoms with E-state index in [4.69, 9.17) is 4.74 Å². The van der Waals surface area contributed by atoms with E-state index in [1.165, 1.54) is 25.7 Å². The average molecular weight is 235 g/mol. The van der Waals surface area contributed by atoms with Gasteiger partial charge in [0.15, 0.2) is 5.75 Å². The molecule has 2 rings (SSSR count). The lowest BCUT2D eigenvalue weighted by atomic mass is 10.1. The number of ether oxygens (including phenoxy) is 1. The zero-order valence-electron chi connectivity index (χ0n) is 10.7. The molecule has 1 aliphatic rings. The van der Waals surface area contributed by atoms with Crippen LogP contribution in [0, 0.1) is 0 Å². The van der Waals surface area contributed by atoms with E-state index < -0.39 is 0 Å². The summed E-state index contributed by atoms with van der Waals surface area (Å²) in [6.07, 6.45) is 7.81. The van der Waals surface area contributed by atoms with E-state index >= 15 is 0 Å². The molecule has 0 aliphatic heterocycles. The molecule has 0 atom stereocenters. The van der Waals surface area contributed by atoms with Crippen LogP contribution in [-0.2, 0) is 6.42 Å². The van der Waals surface area contributed by atoms with E-state index in [2.05, 4.69) is 15.3 Å². The van der Waals surface area contributed by atoms with Crippen LogP contribution >= 0.6 is 0 Å². The van der Waals surface area contributed by atoms with Gasteiger partial charge in [-0.1, -0.05) is 12.8 Å². The maximum absolute atomic E-state index is 5.31. The van der Waals surface area contributed by atoms with Crippen LogP contribution in [0.5, 0.6) is 5.75 Å². The van der Waals surface area contributed by atoms with E-state index in [-0.39, 0.29) is 0 Å². The fraction of sp³-hybridized carbons (Fsp3) is 0.692. The molecular formula is C13H21N3O. The van der Waals surface area contributed by atoms with Crippen LogP contribution < -0.4 is 10.1 Å². The maximum Gasteiger partial charge on any atom is 0.158 e. The van der Waals surface area contributed by atoms with E-state index in [0.717, 1.165) is 30.2 Å². The highest BCUT2D eigenvalue weighted by Crippen LogP contribution is 2.32. The first-order chi connectivity index (χ1) is 8.35. The zero-order valence-corrected chi connectivity index (χ0v) is 10.7. The fourth-order valence-corrected chi connectivity index (χ4v) is 2.40. The highest BCUT2D eigenvalue weighted by atomic mass is 16.5. The molecule has 0 amide bonds. The number of methoxy groups -OCH3 is 1. The second-order valence-corrected chi connectivity index (χ2v) is 4.58. The summed E-state index contributed by atoms with van der Waals surface area (Å²) in [6.45, 7) is 0.914. The van der Waals surface area contributed by atoms with E-state index in [0.29, 0.717) is 5.92 Å². The topological polar surface area (TPSA) is 47.0 Å². The predicted molar refractivity (Wildman–Crippen MR) is 67.4 cm³/mol. The minimum atomic E-state index is 0.564. The van der Waals surface area contributed by atoms with Gasteiger partial charge in [0, 0.05) is 18.9 Å². The van der Waals surface area contributed by atoms with Crippen molar-refractivity contribution in [2.75, 3.05) is 20.7 Å². The summed E-state index contributed by atoms with van der Waals surface area (Å²) in [6, 6.07) is 0. The summed E-state index contributed by atoms with van der Waals surface area (Å²) in [4.78, 5) is 9.13. The van der Waals surface area contributed by atoms with Gasteiger partial charge in [-0.05, 0) is 19.9 Å². The summed E-state index contributed by atoms with van der Waals surface area (Å²) in [5.41, 5.74) is 1.03. The number of hydrogen-bond acceptors (Lipinski definition) is 4. The predicted octanol–water partition coefficient (Wildman–Crippen LogP) is 1.90. The number of nitrogens with one attached hydrogen (secondary N) is 1. The summed E-state index contributed by atoms with van der Waals surface area (Å²) < 4.78 is 5.31. The summed E-state index contributed by atoms with van der Waals surface area (Å²) in [5, 5.41) is 3.14. The Morgan fingerprint density at radius 3 is 2.82 bits per heavy atom. The Hall–Kier alpha value is -1.16. The van der Waals surface area contributed by atoms with Crippen LogP contribution in [0.2, 0.25) is 0 Å². The van der Waals surface area contributed by atoms with Crippen molar-refractivity contribution in [3.63, 3.8) is 0 Å². The molecule has 1 fully saturated rings. The van der Waals surface area contributed by atoms with Crippen molar-refractivity contribution < 1.29 is 4.74 Å². The van der Waals surface area contributed by atoms with Crippen molar-refractivity contribution in [1.82, 2.24) is 15.3 Å². The zero-order chi connectivity index (χ0) is 12.1. The highest BCUT2D eigenvalue weighted by Gasteiger charge is 2.20. The fourth-order valence-electron chi connectivity index (χ4n) is 2.40. The molecule has 1 N–H and O–H groups in total. The number of rotatable bonds is 5. The van der Waals surface area contributed by atoms with Gasteiger partial charge in [0.05, 0.1) is 19.0 Å². The van der Waals surface area contributed by atoms with Gasteiger partial charge in [0.25, 0.3) is 0 Å². The van der Waals surface area contributed by atoms with Crippen molar-refractivity contribution in [2.45, 2.75) is 38.0 Å². The minimum absolute atomic E-state index is 0.564. The molecule has 1 aromatic rings. The molecule has 0 aromatic carbocycles. The van der Waals surface area contributed by atoms with Crippen LogP contribution in [-0.4, -0.2) is 30.7 Å². The Kier molecular flexibility index (Phi) is 4.31. The average Bonchev–Trinajstić information content (AvgIpc) is 2.89. The van der Waals surface area contributed by atoms with Gasteiger partial charge in [0.2, 0.25) is 0 Å². The molecule has 0 saturated heterocycles. The van der Waals surface area contributed by atoms with Crippen molar-refractivity contribution in [2.24, 2.45) is 0 Å². The molecule has 1 aromatic heterocycles. The van der Waals surface area contributed by atoms with Gasteiger partial charge in [-0.25, -0.2) is 9.97 Å². The molecule has 94 valence electrons. The van der Waals surface area contributed by atoms with Gasteiger partial charge < -0.3 is 10.1 Å². The molecule has 1 aliphatic carbocycles. The van der Waals surface area contributed by atoms with Crippen LogP contribution in [0.15, 0.2) is 6.20 Å². The van der Waals surface area contributed by atoms with Gasteiger partial charge >= 0.3 is 0 Å². The Balaban J connectivity index is 2.17. The van der Waals surface area contributed by atoms with Gasteiger partial charge in [-0.15, -0.1) is 0 Å². The van der Waals surface area contributed by atoms with Crippen LogP contribution in [0.1, 0.15) is 43.1 Å². The second-order valence-electron chi connectivity index (χ2n) is 4.58. The third kappa shape index (κ3) is 2.94. The minimum Gasteiger partial charge on any atom is -0.493 e. The molecule has 0 radical (unpaired) electrons. The summed E-state index contributed by atoms with van der Waals surface area (Å²) >= 11 is 0. The largest absolute Gasteiger partial charge is 0.493 e. The molecule has 17 heavy (non-hydrogen) atoms. The lowest BCUT2D eigenvalue weighted by molar-refractivity contribution is 0.402. The number of aromatic nitrogens is 2. The maximum atomic E-state index is 5.31. The quantitative estimate of drug-likeness (QED) is 0.847. The Morgan fingerprint density at radius 1 is 1.41 bits per heavy atom. The third-order valence-electron chi connectivity index (χ3n) is 3.40. The number of likely N-dealkylation sites (N-methyl/N-ethyl adjacent to an activating group) is 1. The monoisotopic (exact) mass is 235 g/mol. The van der Waals surface area contributed by atoms with Crippen LogP contribution in [0.25, 0.3) is 0 Å². The van der Waals surface area contributed by atoms with Crippen molar-refractivity contribution in [3.05, 3.63) is 17.7 Å². The summed E-state index contributed by atoms with van der Waals surface area (Å²) in [5.74, 6) is 2.38. The van der Waals surface area contributed by atoms with Crippen molar-refractivity contribution >= 4 is 0 Å². The first kappa shape index (κ1) is 12.3. The van der Waals surface area contributed by atoms with Gasteiger partial charge in [-0.2, -0.15) is 0 Å². The first-order valence-corrected chi connectivity index (χ1v) is 6.39. The smallest absolute Gasteiger partial charge is 0.158 e. The highest BCUT2D eigenvalue weighted by molar-refractivity contribution is 5.26. The molecule has 1 saturated carbocycles. The normalized spacial score (nSPS) is 16.4. The first-order valence-electron chi connectivity index (χ1n) is 6.39. The van der Waals surface area contributed by atoms with Gasteiger partial charge in [-0.3, -0.25) is 0 Å². The standard InChI is InChI=1S/C13H21N3O/c1-14-8-7-11-12(17-2)9-15-13(16-11)10-5-3-4-6-10/h9-10,14H,3-8H2,1-2H3. The Bertz CT molecular complexity index is 362. The van der Waals surface area contributed by atoms with E-state index in [1.54, 1.807) is 7.11 Å². The third-order valence-corrected chi connectivity index (χ3v) is 3.40. The second kappa shape index (κ2) is 5.96. The SMILES string of the molecule is CNCCc1nc(C2CCCC2)ncc1OC. The van der Waals surface area contributed by atoms with E-state index in [1.807, 2.05) is 13.2 Å². The van der Waals surface area contributed by atoms with Gasteiger partial charge in [0.1, 0.15) is 5.82 Å². The van der Waals surface area contributed by atoms with Crippen molar-refractivity contribution in [3.8, 4) is 5.75 Å². The van der Waals surface area contributed by atoms with Crippen molar-refractivity contribution in [1.29, 1.82) is 0 Å². The van der Waals surface area contributed by atoms with E-state index in [9.17, 15) is 0 Å². The summed E-state index contributed by atoms with van der Waals surface area (Å²) in [7, 11) is 3.63. The number of hydrogen-bond donors (Lipinski definition) is 1. The lowest BCUT2D eigenvalue weighted by Gasteiger charge is -2.12. The van der Waals surface area contributed by atoms with Crippen LogP contribution in [0.3, 0.4) is 0 Å². The Labute approximate surface area is 103 Å². The molecule has 1 heterocycles. The molecule has 4 nitrogen and oxygen atoms in total. The lowest BCUT2D eigenvalue weighted by Crippen LogP contribution is -2.13. The molecule has 0 unspecified atom stereocenters.